The molecule has 42 heavy (non-hydrogen) atoms. The minimum absolute atomic E-state index is 0.357. The van der Waals surface area contributed by atoms with Crippen molar-refractivity contribution in [2.45, 2.75) is 84.0 Å². The highest BCUT2D eigenvalue weighted by Gasteiger charge is 2.37. The normalized spacial score (nSPS) is 20.9. The van der Waals surface area contributed by atoms with E-state index >= 15 is 0 Å². The van der Waals surface area contributed by atoms with Crippen LogP contribution >= 0.6 is 0 Å². The van der Waals surface area contributed by atoms with Gasteiger partial charge < -0.3 is 19.5 Å². The van der Waals surface area contributed by atoms with Crippen molar-refractivity contribution in [2.75, 3.05) is 45.9 Å². The van der Waals surface area contributed by atoms with Crippen LogP contribution in [0, 0.1) is 0 Å². The summed E-state index contributed by atoms with van der Waals surface area (Å²) in [5, 5.41) is 3.33. The quantitative estimate of drug-likeness (QED) is 0.340. The maximum Gasteiger partial charge on any atom is 0.411 e. The standard InChI is InChI=1S/C34H49N3O5/c1-5-6-14-29(28-13-10-17-35-25-28)26-11-9-12-27(24-26)31(16-19-36-20-22-40-23-21-36)41-32(38)30-15-7-8-18-37(30)33(39)42-34(2,3)4/h9-14,17,24,30-31,35H,5-8,15-16,18-23,25H2,1-4H3/b29-14+. The number of hydrogen-bond acceptors (Lipinski definition) is 7. The number of benzene rings is 1. The van der Waals surface area contributed by atoms with Crippen LogP contribution in [0.2, 0.25) is 0 Å². The molecule has 2 atom stereocenters. The van der Waals surface area contributed by atoms with Crippen molar-refractivity contribution in [1.29, 1.82) is 0 Å². The average Bonchev–Trinajstić information content (AvgIpc) is 2.99. The van der Waals surface area contributed by atoms with E-state index in [1.54, 1.807) is 4.90 Å². The highest BCUT2D eigenvalue weighted by atomic mass is 16.6. The second-order valence-corrected chi connectivity index (χ2v) is 12.3. The van der Waals surface area contributed by atoms with Gasteiger partial charge in [-0.2, -0.15) is 0 Å². The smallest absolute Gasteiger partial charge is 0.411 e. The number of piperidine rings is 1. The molecule has 8 heteroatoms. The first kappa shape index (κ1) is 31.8. The van der Waals surface area contributed by atoms with Crippen LogP contribution < -0.4 is 5.32 Å². The van der Waals surface area contributed by atoms with Gasteiger partial charge in [-0.25, -0.2) is 9.59 Å². The number of dihydropyridines is 1. The van der Waals surface area contributed by atoms with Crippen LogP contribution in [0.25, 0.3) is 5.57 Å². The molecular formula is C34H49N3O5. The Morgan fingerprint density at radius 1 is 1.17 bits per heavy atom. The molecule has 4 rings (SSSR count). The molecule has 1 aromatic rings. The van der Waals surface area contributed by atoms with Crippen molar-refractivity contribution in [2.24, 2.45) is 0 Å². The van der Waals surface area contributed by atoms with Crippen LogP contribution in [0.1, 0.15) is 83.5 Å². The maximum absolute atomic E-state index is 13.8. The van der Waals surface area contributed by atoms with Gasteiger partial charge in [-0.05, 0) is 87.1 Å². The van der Waals surface area contributed by atoms with Gasteiger partial charge in [-0.15, -0.1) is 0 Å². The minimum atomic E-state index is -0.645. The van der Waals surface area contributed by atoms with Crippen LogP contribution in [0.4, 0.5) is 4.79 Å². The summed E-state index contributed by atoms with van der Waals surface area (Å²) >= 11 is 0. The SMILES string of the molecule is CCC/C=C(/C1=CC=CNC1)c1cccc(C(CCN2CCOCC2)OC(=O)C2CCCCN2C(=O)OC(C)(C)C)c1. The van der Waals surface area contributed by atoms with Crippen molar-refractivity contribution in [3.05, 3.63) is 65.4 Å². The monoisotopic (exact) mass is 579 g/mol. The molecule has 2 saturated heterocycles. The first-order valence-corrected chi connectivity index (χ1v) is 15.7. The predicted octanol–water partition coefficient (Wildman–Crippen LogP) is 6.01. The summed E-state index contributed by atoms with van der Waals surface area (Å²) in [6.45, 7) is 12.9. The molecule has 3 aliphatic heterocycles. The van der Waals surface area contributed by atoms with Crippen molar-refractivity contribution < 1.29 is 23.8 Å². The van der Waals surface area contributed by atoms with Crippen LogP contribution in [0.15, 0.2) is 54.3 Å². The van der Waals surface area contributed by atoms with Gasteiger partial charge in [0.25, 0.3) is 0 Å². The van der Waals surface area contributed by atoms with Gasteiger partial charge in [0.1, 0.15) is 17.7 Å². The van der Waals surface area contributed by atoms with Crippen molar-refractivity contribution in [1.82, 2.24) is 15.1 Å². The van der Waals surface area contributed by atoms with Gasteiger partial charge in [-0.3, -0.25) is 9.80 Å². The number of hydrogen-bond donors (Lipinski definition) is 1. The fourth-order valence-corrected chi connectivity index (χ4v) is 5.63. The van der Waals surface area contributed by atoms with Crippen molar-refractivity contribution in [3.63, 3.8) is 0 Å². The molecule has 1 amide bonds. The van der Waals surface area contributed by atoms with Crippen molar-refractivity contribution >= 4 is 17.6 Å². The van der Waals surface area contributed by atoms with E-state index in [9.17, 15) is 9.59 Å². The van der Waals surface area contributed by atoms with E-state index in [1.807, 2.05) is 33.0 Å². The van der Waals surface area contributed by atoms with E-state index in [0.29, 0.717) is 19.4 Å². The van der Waals surface area contributed by atoms with Crippen molar-refractivity contribution in [3.8, 4) is 0 Å². The maximum atomic E-state index is 13.8. The molecule has 2 unspecified atom stereocenters. The number of allylic oxidation sites excluding steroid dienone is 3. The third-order valence-corrected chi connectivity index (χ3v) is 7.83. The molecule has 0 radical (unpaired) electrons. The molecular weight excluding hydrogens is 530 g/mol. The molecule has 0 aliphatic carbocycles. The Hall–Kier alpha value is -3.10. The zero-order chi connectivity index (χ0) is 30.0. The Morgan fingerprint density at radius 3 is 2.69 bits per heavy atom. The van der Waals surface area contributed by atoms with Crippen LogP contribution in [0.5, 0.6) is 0 Å². The molecule has 8 nitrogen and oxygen atoms in total. The topological polar surface area (TPSA) is 80.3 Å². The zero-order valence-corrected chi connectivity index (χ0v) is 25.9. The van der Waals surface area contributed by atoms with E-state index in [1.165, 1.54) is 11.1 Å². The number of carbonyl (C=O) groups excluding carboxylic acids is 2. The third kappa shape index (κ3) is 9.20. The minimum Gasteiger partial charge on any atom is -0.456 e. The molecule has 0 saturated carbocycles. The van der Waals surface area contributed by atoms with Crippen LogP contribution in [-0.2, 0) is 19.0 Å². The first-order chi connectivity index (χ1) is 20.2. The van der Waals surface area contributed by atoms with E-state index in [-0.39, 0.29) is 5.97 Å². The number of likely N-dealkylation sites (tertiary alicyclic amines) is 1. The molecule has 230 valence electrons. The lowest BCUT2D eigenvalue weighted by molar-refractivity contribution is -0.157. The van der Waals surface area contributed by atoms with Gasteiger partial charge in [0, 0.05) is 39.1 Å². The molecule has 2 fully saturated rings. The Morgan fingerprint density at radius 2 is 1.98 bits per heavy atom. The summed E-state index contributed by atoms with van der Waals surface area (Å²) in [5.41, 5.74) is 3.89. The fraction of sp³-hybridized carbons (Fsp3) is 0.588. The lowest BCUT2D eigenvalue weighted by Gasteiger charge is -2.36. The van der Waals surface area contributed by atoms with Gasteiger partial charge in [0.15, 0.2) is 0 Å². The Balaban J connectivity index is 1.59. The summed E-state index contributed by atoms with van der Waals surface area (Å²) in [4.78, 5) is 30.7. The summed E-state index contributed by atoms with van der Waals surface area (Å²) in [6.07, 6.45) is 12.6. The molecule has 1 N–H and O–H groups in total. The number of ether oxygens (including phenoxy) is 3. The van der Waals surface area contributed by atoms with E-state index in [2.05, 4.69) is 53.6 Å². The molecule has 0 aromatic heterocycles. The Bertz CT molecular complexity index is 1150. The van der Waals surface area contributed by atoms with E-state index in [4.69, 9.17) is 14.2 Å². The first-order valence-electron chi connectivity index (χ1n) is 15.7. The molecule has 3 heterocycles. The molecule has 0 bridgehead atoms. The number of unbranched alkanes of at least 4 members (excludes halogenated alkanes) is 1. The highest BCUT2D eigenvalue weighted by molar-refractivity contribution is 5.82. The number of esters is 1. The third-order valence-electron chi connectivity index (χ3n) is 7.83. The number of nitrogens with one attached hydrogen (secondary N) is 1. The van der Waals surface area contributed by atoms with Gasteiger partial charge in [0.2, 0.25) is 0 Å². The zero-order valence-electron chi connectivity index (χ0n) is 25.9. The van der Waals surface area contributed by atoms with Crippen LogP contribution in [0.3, 0.4) is 0 Å². The predicted molar refractivity (Wildman–Crippen MR) is 166 cm³/mol. The molecule has 3 aliphatic rings. The Kier molecular flexibility index (Phi) is 11.7. The average molecular weight is 580 g/mol. The number of amides is 1. The number of carbonyl (C=O) groups is 2. The lowest BCUT2D eigenvalue weighted by Crippen LogP contribution is -2.50. The van der Waals surface area contributed by atoms with Crippen LogP contribution in [-0.4, -0.2) is 79.4 Å². The second-order valence-electron chi connectivity index (χ2n) is 12.3. The second kappa shape index (κ2) is 15.4. The summed E-state index contributed by atoms with van der Waals surface area (Å²) in [7, 11) is 0. The van der Waals surface area contributed by atoms with Gasteiger partial charge >= 0.3 is 12.1 Å². The summed E-state index contributed by atoms with van der Waals surface area (Å²) in [6, 6.07) is 7.77. The van der Waals surface area contributed by atoms with Gasteiger partial charge in [0.05, 0.1) is 13.2 Å². The summed E-state index contributed by atoms with van der Waals surface area (Å²) in [5.74, 6) is -0.357. The van der Waals surface area contributed by atoms with E-state index in [0.717, 1.165) is 76.2 Å². The Labute approximate surface area is 251 Å². The van der Waals surface area contributed by atoms with Gasteiger partial charge in [-0.1, -0.05) is 43.7 Å². The largest absolute Gasteiger partial charge is 0.456 e. The highest BCUT2D eigenvalue weighted by Crippen LogP contribution is 2.31. The van der Waals surface area contributed by atoms with E-state index < -0.39 is 23.8 Å². The molecule has 0 spiro atoms. The number of nitrogens with zero attached hydrogens (tertiary/aromatic N) is 2. The lowest BCUT2D eigenvalue weighted by atomic mass is 9.92. The molecule has 1 aromatic carbocycles. The number of morpholine rings is 1. The summed E-state index contributed by atoms with van der Waals surface area (Å²) < 4.78 is 17.5. The number of rotatable bonds is 10. The fourth-order valence-electron chi connectivity index (χ4n) is 5.63.